The van der Waals surface area contributed by atoms with Crippen molar-refractivity contribution >= 4 is 5.91 Å². The molecule has 4 rings (SSSR count). The molecule has 1 amide bonds. The van der Waals surface area contributed by atoms with E-state index in [0.717, 1.165) is 61.5 Å². The Morgan fingerprint density at radius 1 is 1.03 bits per heavy atom. The number of ether oxygens (including phenoxy) is 1. The molecule has 0 unspecified atom stereocenters. The van der Waals surface area contributed by atoms with Crippen molar-refractivity contribution < 1.29 is 9.53 Å². The van der Waals surface area contributed by atoms with Crippen LogP contribution in [0.3, 0.4) is 0 Å². The summed E-state index contributed by atoms with van der Waals surface area (Å²) in [5, 5.41) is 4.46. The third-order valence-corrected chi connectivity index (χ3v) is 6.82. The monoisotopic (exact) mass is 446 g/mol. The second-order valence-electron chi connectivity index (χ2n) is 9.09. The molecular formula is C27H34N4O2. The van der Waals surface area contributed by atoms with E-state index in [0.29, 0.717) is 18.9 Å². The fourth-order valence-corrected chi connectivity index (χ4v) is 4.66. The molecule has 0 spiro atoms. The number of hydrogen-bond acceptors (Lipinski definition) is 4. The molecule has 0 saturated carbocycles. The summed E-state index contributed by atoms with van der Waals surface area (Å²) in [6.07, 6.45) is 8.04. The number of piperidine rings is 1. The Kier molecular flexibility index (Phi) is 7.43. The van der Waals surface area contributed by atoms with Gasteiger partial charge in [-0.25, -0.2) is 0 Å². The normalized spacial score (nSPS) is 14.5. The van der Waals surface area contributed by atoms with Gasteiger partial charge in [0.2, 0.25) is 5.91 Å². The van der Waals surface area contributed by atoms with Gasteiger partial charge in [0.05, 0.1) is 5.69 Å². The second-order valence-corrected chi connectivity index (χ2v) is 9.09. The van der Waals surface area contributed by atoms with Crippen molar-refractivity contribution in [3.05, 3.63) is 76.9 Å². The maximum Gasteiger partial charge on any atom is 0.222 e. The Bertz CT molecular complexity index is 1050. The average molecular weight is 447 g/mol. The van der Waals surface area contributed by atoms with Crippen molar-refractivity contribution in [1.82, 2.24) is 19.7 Å². The van der Waals surface area contributed by atoms with Crippen LogP contribution in [0.5, 0.6) is 5.75 Å². The summed E-state index contributed by atoms with van der Waals surface area (Å²) in [4.78, 5) is 18.8. The lowest BCUT2D eigenvalue weighted by molar-refractivity contribution is -0.132. The van der Waals surface area contributed by atoms with Crippen LogP contribution in [0.2, 0.25) is 0 Å². The quantitative estimate of drug-likeness (QED) is 0.514. The van der Waals surface area contributed by atoms with Gasteiger partial charge in [-0.15, -0.1) is 0 Å². The van der Waals surface area contributed by atoms with Crippen molar-refractivity contribution in [2.45, 2.75) is 52.6 Å². The molecule has 3 heterocycles. The molecule has 174 valence electrons. The fraction of sp³-hybridized carbons (Fsp3) is 0.444. The highest BCUT2D eigenvalue weighted by Gasteiger charge is 2.23. The molecule has 6 heteroatoms. The van der Waals surface area contributed by atoms with E-state index in [1.54, 1.807) is 12.4 Å². The minimum absolute atomic E-state index is 0.273. The third kappa shape index (κ3) is 6.01. The first-order chi connectivity index (χ1) is 16.0. The van der Waals surface area contributed by atoms with Crippen LogP contribution in [0, 0.1) is 19.8 Å². The number of rotatable bonds is 8. The molecule has 1 fully saturated rings. The maximum absolute atomic E-state index is 12.8. The molecule has 33 heavy (non-hydrogen) atoms. The van der Waals surface area contributed by atoms with Crippen LogP contribution >= 0.6 is 0 Å². The molecule has 1 aliphatic rings. The number of aryl methyl sites for hydroxylation is 2. The zero-order valence-corrected chi connectivity index (χ0v) is 20.0. The van der Waals surface area contributed by atoms with Gasteiger partial charge in [-0.1, -0.05) is 24.3 Å². The molecule has 2 aromatic heterocycles. The lowest BCUT2D eigenvalue weighted by atomic mass is 9.89. The Labute approximate surface area is 196 Å². The van der Waals surface area contributed by atoms with Crippen LogP contribution < -0.4 is 4.74 Å². The van der Waals surface area contributed by atoms with Crippen molar-refractivity contribution in [2.75, 3.05) is 13.1 Å². The van der Waals surface area contributed by atoms with Crippen LogP contribution in [0.4, 0.5) is 0 Å². The van der Waals surface area contributed by atoms with Crippen molar-refractivity contribution in [2.24, 2.45) is 13.0 Å². The van der Waals surface area contributed by atoms with Gasteiger partial charge < -0.3 is 9.64 Å². The maximum atomic E-state index is 12.8. The lowest BCUT2D eigenvalue weighted by Gasteiger charge is -2.32. The van der Waals surface area contributed by atoms with E-state index in [2.05, 4.69) is 46.2 Å². The Morgan fingerprint density at radius 3 is 2.33 bits per heavy atom. The van der Waals surface area contributed by atoms with E-state index in [4.69, 9.17) is 4.74 Å². The van der Waals surface area contributed by atoms with Gasteiger partial charge in [0, 0.05) is 44.6 Å². The van der Waals surface area contributed by atoms with Gasteiger partial charge in [0.1, 0.15) is 12.4 Å². The van der Waals surface area contributed by atoms with Crippen LogP contribution in [0.15, 0.2) is 48.8 Å². The first kappa shape index (κ1) is 23.0. The van der Waals surface area contributed by atoms with Crippen LogP contribution in [-0.4, -0.2) is 38.7 Å². The molecule has 0 atom stereocenters. The third-order valence-electron chi connectivity index (χ3n) is 6.82. The van der Waals surface area contributed by atoms with Crippen molar-refractivity contribution in [1.29, 1.82) is 0 Å². The highest BCUT2D eigenvalue weighted by molar-refractivity contribution is 5.76. The number of hydrogen-bond donors (Lipinski definition) is 0. The standard InChI is InChI=1S/C27H34N4O2/c1-20-26(21(2)30(3)29-20)8-9-27(32)31-16-12-23(13-17-31)18-22-4-6-24(7-5-22)19-33-25-10-14-28-15-11-25/h4-7,10-11,14-15,23H,8-9,12-13,16-19H2,1-3H3. The van der Waals surface area contributed by atoms with Crippen LogP contribution in [0.1, 0.15) is 47.3 Å². The Hall–Kier alpha value is -3.15. The minimum Gasteiger partial charge on any atom is -0.489 e. The van der Waals surface area contributed by atoms with Crippen LogP contribution in [-0.2, 0) is 31.3 Å². The zero-order chi connectivity index (χ0) is 23.2. The summed E-state index contributed by atoms with van der Waals surface area (Å²) in [5.74, 6) is 1.74. The Morgan fingerprint density at radius 2 is 1.70 bits per heavy atom. The van der Waals surface area contributed by atoms with Crippen molar-refractivity contribution in [3.63, 3.8) is 0 Å². The number of carbonyl (C=O) groups excluding carboxylic acids is 1. The number of pyridine rings is 1. The molecule has 1 aliphatic heterocycles. The summed E-state index contributed by atoms with van der Waals surface area (Å²) in [6.45, 7) is 6.40. The SMILES string of the molecule is Cc1nn(C)c(C)c1CCC(=O)N1CCC(Cc2ccc(COc3ccncc3)cc2)CC1. The molecule has 1 saturated heterocycles. The minimum atomic E-state index is 0.273. The van der Waals surface area contributed by atoms with Gasteiger partial charge in [-0.05, 0) is 74.3 Å². The lowest BCUT2D eigenvalue weighted by Crippen LogP contribution is -2.39. The number of carbonyl (C=O) groups is 1. The van der Waals surface area contributed by atoms with Crippen molar-refractivity contribution in [3.8, 4) is 5.75 Å². The van der Waals surface area contributed by atoms with E-state index in [9.17, 15) is 4.79 Å². The van der Waals surface area contributed by atoms with Gasteiger partial charge in [-0.2, -0.15) is 5.10 Å². The average Bonchev–Trinajstić information content (AvgIpc) is 3.08. The van der Waals surface area contributed by atoms with Gasteiger partial charge in [0.15, 0.2) is 0 Å². The number of nitrogens with zero attached hydrogens (tertiary/aromatic N) is 4. The van der Waals surface area contributed by atoms with E-state index in [1.165, 1.54) is 11.1 Å². The largest absolute Gasteiger partial charge is 0.489 e. The molecular weight excluding hydrogens is 412 g/mol. The summed E-state index contributed by atoms with van der Waals surface area (Å²) in [5.41, 5.74) is 5.94. The predicted molar refractivity (Wildman–Crippen MR) is 129 cm³/mol. The molecule has 3 aromatic rings. The van der Waals surface area contributed by atoms with E-state index in [1.807, 2.05) is 30.8 Å². The number of benzene rings is 1. The summed E-state index contributed by atoms with van der Waals surface area (Å²) < 4.78 is 7.70. The molecule has 0 aliphatic carbocycles. The zero-order valence-electron chi connectivity index (χ0n) is 20.0. The smallest absolute Gasteiger partial charge is 0.222 e. The first-order valence-electron chi connectivity index (χ1n) is 11.9. The van der Waals surface area contributed by atoms with Crippen LogP contribution in [0.25, 0.3) is 0 Å². The van der Waals surface area contributed by atoms with Gasteiger partial charge >= 0.3 is 0 Å². The fourth-order valence-electron chi connectivity index (χ4n) is 4.66. The van der Waals surface area contributed by atoms with E-state index < -0.39 is 0 Å². The second kappa shape index (κ2) is 10.6. The Balaban J connectivity index is 1.20. The summed E-state index contributed by atoms with van der Waals surface area (Å²) in [7, 11) is 1.96. The van der Waals surface area contributed by atoms with Gasteiger partial charge in [-0.3, -0.25) is 14.5 Å². The summed E-state index contributed by atoms with van der Waals surface area (Å²) >= 11 is 0. The first-order valence-corrected chi connectivity index (χ1v) is 11.9. The number of amides is 1. The molecule has 6 nitrogen and oxygen atoms in total. The molecule has 1 aromatic carbocycles. The molecule has 0 bridgehead atoms. The highest BCUT2D eigenvalue weighted by atomic mass is 16.5. The number of likely N-dealkylation sites (tertiary alicyclic amines) is 1. The molecule has 0 N–H and O–H groups in total. The highest BCUT2D eigenvalue weighted by Crippen LogP contribution is 2.23. The predicted octanol–water partition coefficient (Wildman–Crippen LogP) is 4.42. The van der Waals surface area contributed by atoms with E-state index >= 15 is 0 Å². The van der Waals surface area contributed by atoms with Gasteiger partial charge in [0.25, 0.3) is 0 Å². The topological polar surface area (TPSA) is 60.2 Å². The van der Waals surface area contributed by atoms with E-state index in [-0.39, 0.29) is 5.91 Å². The molecule has 0 radical (unpaired) electrons. The number of aromatic nitrogens is 3. The summed E-state index contributed by atoms with van der Waals surface area (Å²) in [6, 6.07) is 12.5.